The molecule has 1 amide bonds. The van der Waals surface area contributed by atoms with Crippen molar-refractivity contribution in [3.8, 4) is 0 Å². The van der Waals surface area contributed by atoms with Crippen LogP contribution in [0.2, 0.25) is 0 Å². The van der Waals surface area contributed by atoms with Gasteiger partial charge in [-0.25, -0.2) is 13.1 Å². The highest BCUT2D eigenvalue weighted by atomic mass is 32.2. The fraction of sp³-hybridized carbons (Fsp3) is 0.250. The van der Waals surface area contributed by atoms with E-state index < -0.39 is 10.0 Å². The zero-order valence-electron chi connectivity index (χ0n) is 12.6. The van der Waals surface area contributed by atoms with Gasteiger partial charge in [-0.15, -0.1) is 0 Å². The molecule has 1 aromatic carbocycles. The van der Waals surface area contributed by atoms with E-state index in [2.05, 4.69) is 15.0 Å². The molecule has 0 bridgehead atoms. The minimum absolute atomic E-state index is 0.0470. The van der Waals surface area contributed by atoms with E-state index in [0.717, 1.165) is 11.1 Å². The molecule has 0 unspecified atom stereocenters. The summed E-state index contributed by atoms with van der Waals surface area (Å²) in [4.78, 5) is 15.6. The van der Waals surface area contributed by atoms with E-state index in [1.54, 1.807) is 24.5 Å². The minimum Gasteiger partial charge on any atom is -0.351 e. The summed E-state index contributed by atoms with van der Waals surface area (Å²) in [6.07, 6.45) is 3.68. The molecule has 1 heterocycles. The number of carbonyl (C=O) groups excluding carboxylic acids is 1. The van der Waals surface area contributed by atoms with Gasteiger partial charge in [-0.05, 0) is 29.7 Å². The lowest BCUT2D eigenvalue weighted by atomic mass is 10.2. The van der Waals surface area contributed by atoms with Crippen molar-refractivity contribution in [3.63, 3.8) is 0 Å². The maximum absolute atomic E-state index is 11.9. The molecule has 0 aliphatic rings. The van der Waals surface area contributed by atoms with Crippen molar-refractivity contribution < 1.29 is 13.2 Å². The van der Waals surface area contributed by atoms with Crippen molar-refractivity contribution >= 4 is 15.9 Å². The number of hydrogen-bond acceptors (Lipinski definition) is 4. The summed E-state index contributed by atoms with van der Waals surface area (Å²) in [5, 5.41) is 2.65. The quantitative estimate of drug-likeness (QED) is 0.750. The molecule has 0 aliphatic carbocycles. The molecular weight excluding hydrogens is 314 g/mol. The highest BCUT2D eigenvalue weighted by molar-refractivity contribution is 7.89. The molecule has 23 heavy (non-hydrogen) atoms. The SMILES string of the molecule is O=C(CNS(=O)(=O)CCc1ccccc1)NCc1ccncc1. The third-order valence-corrected chi connectivity index (χ3v) is 4.52. The summed E-state index contributed by atoms with van der Waals surface area (Å²) in [6.45, 7) is 0.0787. The Bertz CT molecular complexity index is 719. The third-order valence-electron chi connectivity index (χ3n) is 3.19. The molecule has 0 spiro atoms. The summed E-state index contributed by atoms with van der Waals surface area (Å²) in [7, 11) is -3.48. The first-order valence-corrected chi connectivity index (χ1v) is 8.87. The van der Waals surface area contributed by atoms with Gasteiger partial charge in [-0.2, -0.15) is 0 Å². The van der Waals surface area contributed by atoms with E-state index in [1.165, 1.54) is 0 Å². The van der Waals surface area contributed by atoms with Crippen LogP contribution in [0.5, 0.6) is 0 Å². The summed E-state index contributed by atoms with van der Waals surface area (Å²) in [5.74, 6) is -0.417. The number of pyridine rings is 1. The second-order valence-corrected chi connectivity index (χ2v) is 6.93. The Hall–Kier alpha value is -2.25. The van der Waals surface area contributed by atoms with Crippen LogP contribution in [0.3, 0.4) is 0 Å². The maximum Gasteiger partial charge on any atom is 0.235 e. The van der Waals surface area contributed by atoms with Gasteiger partial charge in [0.15, 0.2) is 0 Å². The van der Waals surface area contributed by atoms with Gasteiger partial charge >= 0.3 is 0 Å². The Labute approximate surface area is 136 Å². The molecule has 1 aromatic heterocycles. The van der Waals surface area contributed by atoms with Crippen molar-refractivity contribution in [2.24, 2.45) is 0 Å². The Morgan fingerprint density at radius 1 is 1.00 bits per heavy atom. The standard InChI is InChI=1S/C16H19N3O3S/c20-16(18-12-15-6-9-17-10-7-15)13-19-23(21,22)11-8-14-4-2-1-3-5-14/h1-7,9-10,19H,8,11-13H2,(H,18,20). The molecule has 6 nitrogen and oxygen atoms in total. The Balaban J connectivity index is 1.72. The summed E-state index contributed by atoms with van der Waals surface area (Å²) in [6, 6.07) is 12.9. The van der Waals surface area contributed by atoms with Gasteiger partial charge in [0.1, 0.15) is 0 Å². The molecule has 0 fully saturated rings. The van der Waals surface area contributed by atoms with Crippen molar-refractivity contribution in [1.29, 1.82) is 0 Å². The van der Waals surface area contributed by atoms with Crippen LogP contribution in [0.1, 0.15) is 11.1 Å². The number of hydrogen-bond donors (Lipinski definition) is 2. The van der Waals surface area contributed by atoms with E-state index in [9.17, 15) is 13.2 Å². The average molecular weight is 333 g/mol. The fourth-order valence-corrected chi connectivity index (χ4v) is 2.91. The molecule has 0 aliphatic heterocycles. The minimum atomic E-state index is -3.48. The van der Waals surface area contributed by atoms with Crippen molar-refractivity contribution in [2.45, 2.75) is 13.0 Å². The van der Waals surface area contributed by atoms with Crippen molar-refractivity contribution in [1.82, 2.24) is 15.0 Å². The van der Waals surface area contributed by atoms with Gasteiger partial charge in [0, 0.05) is 18.9 Å². The van der Waals surface area contributed by atoms with Crippen LogP contribution in [-0.2, 0) is 27.8 Å². The van der Waals surface area contributed by atoms with Gasteiger partial charge in [0.25, 0.3) is 0 Å². The summed E-state index contributed by atoms with van der Waals surface area (Å²) >= 11 is 0. The van der Waals surface area contributed by atoms with Crippen LogP contribution in [0, 0.1) is 0 Å². The van der Waals surface area contributed by atoms with E-state index in [-0.39, 0.29) is 18.2 Å². The van der Waals surface area contributed by atoms with Gasteiger partial charge in [0.05, 0.1) is 12.3 Å². The van der Waals surface area contributed by atoms with Crippen LogP contribution in [-0.4, -0.2) is 31.6 Å². The molecule has 0 saturated heterocycles. The lowest BCUT2D eigenvalue weighted by Gasteiger charge is -2.08. The number of carbonyl (C=O) groups is 1. The van der Waals surface area contributed by atoms with Crippen LogP contribution in [0.15, 0.2) is 54.9 Å². The topological polar surface area (TPSA) is 88.2 Å². The summed E-state index contributed by atoms with van der Waals surface area (Å²) in [5.41, 5.74) is 1.85. The van der Waals surface area contributed by atoms with E-state index >= 15 is 0 Å². The molecule has 2 N–H and O–H groups in total. The summed E-state index contributed by atoms with van der Waals surface area (Å²) < 4.78 is 26.1. The normalized spacial score (nSPS) is 11.1. The Kier molecular flexibility index (Phi) is 6.25. The molecular formula is C16H19N3O3S. The van der Waals surface area contributed by atoms with Crippen molar-refractivity contribution in [3.05, 3.63) is 66.0 Å². The first-order valence-electron chi connectivity index (χ1n) is 7.22. The van der Waals surface area contributed by atoms with Gasteiger partial charge in [-0.1, -0.05) is 30.3 Å². The number of benzene rings is 1. The number of aromatic nitrogens is 1. The zero-order chi connectivity index (χ0) is 16.5. The zero-order valence-corrected chi connectivity index (χ0v) is 13.4. The lowest BCUT2D eigenvalue weighted by molar-refractivity contribution is -0.120. The Morgan fingerprint density at radius 3 is 2.39 bits per heavy atom. The number of aryl methyl sites for hydroxylation is 1. The second kappa shape index (κ2) is 8.40. The predicted molar refractivity (Wildman–Crippen MR) is 88.0 cm³/mol. The third kappa shape index (κ3) is 6.58. The van der Waals surface area contributed by atoms with Crippen molar-refractivity contribution in [2.75, 3.05) is 12.3 Å². The number of amides is 1. The highest BCUT2D eigenvalue weighted by Gasteiger charge is 2.12. The smallest absolute Gasteiger partial charge is 0.235 e. The number of sulfonamides is 1. The van der Waals surface area contributed by atoms with Crippen LogP contribution >= 0.6 is 0 Å². The molecule has 0 saturated carbocycles. The molecule has 2 aromatic rings. The van der Waals surface area contributed by atoms with E-state index in [0.29, 0.717) is 13.0 Å². The largest absolute Gasteiger partial charge is 0.351 e. The van der Waals surface area contributed by atoms with Gasteiger partial charge in [-0.3, -0.25) is 9.78 Å². The molecule has 0 atom stereocenters. The molecule has 0 radical (unpaired) electrons. The average Bonchev–Trinajstić information content (AvgIpc) is 2.58. The fourth-order valence-electron chi connectivity index (χ4n) is 1.91. The lowest BCUT2D eigenvalue weighted by Crippen LogP contribution is -2.37. The highest BCUT2D eigenvalue weighted by Crippen LogP contribution is 2.01. The monoisotopic (exact) mass is 333 g/mol. The van der Waals surface area contributed by atoms with Crippen LogP contribution in [0.25, 0.3) is 0 Å². The number of rotatable bonds is 8. The van der Waals surface area contributed by atoms with E-state index in [1.807, 2.05) is 30.3 Å². The molecule has 2 rings (SSSR count). The molecule has 122 valence electrons. The second-order valence-electron chi connectivity index (χ2n) is 5.01. The van der Waals surface area contributed by atoms with Gasteiger partial charge < -0.3 is 5.32 Å². The number of nitrogens with one attached hydrogen (secondary N) is 2. The van der Waals surface area contributed by atoms with Crippen LogP contribution < -0.4 is 10.0 Å². The first kappa shape index (κ1) is 17.1. The van der Waals surface area contributed by atoms with E-state index in [4.69, 9.17) is 0 Å². The Morgan fingerprint density at radius 2 is 1.70 bits per heavy atom. The maximum atomic E-state index is 11.9. The predicted octanol–water partition coefficient (Wildman–Crippen LogP) is 0.860. The first-order chi connectivity index (χ1) is 11.1. The molecule has 7 heteroatoms. The van der Waals surface area contributed by atoms with Gasteiger partial charge in [0.2, 0.25) is 15.9 Å². The van der Waals surface area contributed by atoms with Crippen LogP contribution in [0.4, 0.5) is 0 Å². The number of nitrogens with zero attached hydrogens (tertiary/aromatic N) is 1.